The molecule has 0 radical (unpaired) electrons. The Morgan fingerprint density at radius 1 is 0.966 bits per heavy atom. The highest BCUT2D eigenvalue weighted by Gasteiger charge is 2.35. The summed E-state index contributed by atoms with van der Waals surface area (Å²) in [5.74, 6) is -0.0457. The first kappa shape index (κ1) is 21.5. The Labute approximate surface area is 168 Å². The zero-order valence-electron chi connectivity index (χ0n) is 16.7. The maximum atomic E-state index is 13.3. The summed E-state index contributed by atoms with van der Waals surface area (Å²) in [6.45, 7) is 8.06. The second-order valence-corrected chi connectivity index (χ2v) is 9.10. The fraction of sp³-hybridized carbons (Fsp3) is 0.474. The molecule has 29 heavy (non-hydrogen) atoms. The molecule has 1 aromatic carbocycles. The third-order valence-corrected chi connectivity index (χ3v) is 7.52. The van der Waals surface area contributed by atoms with E-state index in [-0.39, 0.29) is 32.1 Å². The molecule has 1 aromatic heterocycles. The molecule has 0 N–H and O–H groups in total. The Morgan fingerprint density at radius 2 is 1.52 bits per heavy atom. The van der Waals surface area contributed by atoms with E-state index in [9.17, 15) is 21.6 Å². The predicted octanol–water partition coefficient (Wildman–Crippen LogP) is 3.24. The highest BCUT2D eigenvalue weighted by atomic mass is 32.2. The topological polar surface area (TPSA) is 66.4 Å². The molecule has 1 fully saturated rings. The van der Waals surface area contributed by atoms with Gasteiger partial charge in [-0.2, -0.15) is 17.5 Å². The molecule has 0 atom stereocenters. The minimum Gasteiger partial charge on any atom is -0.338 e. The van der Waals surface area contributed by atoms with Crippen molar-refractivity contribution in [2.75, 3.05) is 31.1 Å². The molecule has 1 aliphatic heterocycles. The largest absolute Gasteiger partial charge is 0.433 e. The molecular formula is C19H23F3N4O2S. The van der Waals surface area contributed by atoms with Crippen molar-refractivity contribution in [2.45, 2.75) is 38.8 Å². The van der Waals surface area contributed by atoms with Crippen LogP contribution in [0.1, 0.15) is 27.9 Å². The van der Waals surface area contributed by atoms with Crippen molar-refractivity contribution in [3.05, 3.63) is 46.3 Å². The van der Waals surface area contributed by atoms with E-state index >= 15 is 0 Å². The van der Waals surface area contributed by atoms with Crippen LogP contribution in [0.15, 0.2) is 23.2 Å². The number of aryl methyl sites for hydroxylation is 2. The van der Waals surface area contributed by atoms with E-state index in [1.165, 1.54) is 4.31 Å². The van der Waals surface area contributed by atoms with Crippen LogP contribution >= 0.6 is 0 Å². The highest BCUT2D eigenvalue weighted by Crippen LogP contribution is 2.30. The molecule has 0 spiro atoms. The number of benzene rings is 1. The maximum absolute atomic E-state index is 13.3. The minimum absolute atomic E-state index is 0.0457. The molecule has 0 saturated carbocycles. The summed E-state index contributed by atoms with van der Waals surface area (Å²) < 4.78 is 66.6. The summed E-state index contributed by atoms with van der Waals surface area (Å²) in [6.07, 6.45) is -3.49. The molecule has 158 valence electrons. The Morgan fingerprint density at radius 3 is 2.03 bits per heavy atom. The van der Waals surface area contributed by atoms with Crippen LogP contribution < -0.4 is 4.90 Å². The lowest BCUT2D eigenvalue weighted by atomic mass is 10.0. The van der Waals surface area contributed by atoms with Gasteiger partial charge < -0.3 is 4.90 Å². The Hall–Kier alpha value is -2.20. The monoisotopic (exact) mass is 428 g/mol. The van der Waals surface area contributed by atoms with Crippen LogP contribution in [0.2, 0.25) is 0 Å². The normalized spacial score (nSPS) is 16.3. The van der Waals surface area contributed by atoms with Crippen molar-refractivity contribution >= 4 is 16.0 Å². The Kier molecular flexibility index (Phi) is 5.61. The van der Waals surface area contributed by atoms with Crippen molar-refractivity contribution in [3.63, 3.8) is 0 Å². The van der Waals surface area contributed by atoms with E-state index < -0.39 is 21.9 Å². The molecule has 0 unspecified atom stereocenters. The van der Waals surface area contributed by atoms with Gasteiger partial charge in [-0.05, 0) is 56.0 Å². The van der Waals surface area contributed by atoms with Gasteiger partial charge in [0.05, 0.1) is 4.90 Å². The van der Waals surface area contributed by atoms with Gasteiger partial charge in [0, 0.05) is 32.4 Å². The molecule has 1 saturated heterocycles. The Bertz CT molecular complexity index is 1000. The molecule has 2 heterocycles. The van der Waals surface area contributed by atoms with Crippen molar-refractivity contribution in [3.8, 4) is 0 Å². The molecule has 10 heteroatoms. The summed E-state index contributed by atoms with van der Waals surface area (Å²) in [6, 6.07) is 2.78. The average molecular weight is 428 g/mol. The standard InChI is InChI=1S/C19H23F3N4O2S/c1-12-11-13(2)15(4)17(14(12)3)29(27,28)26-9-7-25(8-10-26)18-23-6-5-16(24-18)19(20,21)22/h5-6,11H,7-10H2,1-4H3. The highest BCUT2D eigenvalue weighted by molar-refractivity contribution is 7.89. The first-order valence-corrected chi connectivity index (χ1v) is 10.6. The lowest BCUT2D eigenvalue weighted by Crippen LogP contribution is -2.49. The predicted molar refractivity (Wildman–Crippen MR) is 103 cm³/mol. The fourth-order valence-electron chi connectivity index (χ4n) is 3.48. The van der Waals surface area contributed by atoms with Gasteiger partial charge >= 0.3 is 6.18 Å². The minimum atomic E-state index is -4.55. The lowest BCUT2D eigenvalue weighted by molar-refractivity contribution is -0.141. The number of anilines is 1. The second-order valence-electron chi connectivity index (χ2n) is 7.22. The van der Waals surface area contributed by atoms with Gasteiger partial charge in [0.15, 0.2) is 0 Å². The van der Waals surface area contributed by atoms with Gasteiger partial charge in [0.2, 0.25) is 16.0 Å². The van der Waals surface area contributed by atoms with Crippen molar-refractivity contribution in [1.29, 1.82) is 0 Å². The summed E-state index contributed by atoms with van der Waals surface area (Å²) in [7, 11) is -3.72. The fourth-order valence-corrected chi connectivity index (χ4v) is 5.48. The van der Waals surface area contributed by atoms with E-state index in [0.29, 0.717) is 4.90 Å². The number of hydrogen-bond donors (Lipinski definition) is 0. The number of halogens is 3. The average Bonchev–Trinajstić information content (AvgIpc) is 2.66. The maximum Gasteiger partial charge on any atom is 0.433 e. The molecule has 0 bridgehead atoms. The zero-order chi connectivity index (χ0) is 21.6. The number of alkyl halides is 3. The SMILES string of the molecule is Cc1cc(C)c(C)c(S(=O)(=O)N2CCN(c3nccc(C(F)(F)F)n3)CC2)c1C. The summed E-state index contributed by atoms with van der Waals surface area (Å²) >= 11 is 0. The van der Waals surface area contributed by atoms with Crippen LogP contribution in [0.3, 0.4) is 0 Å². The number of aromatic nitrogens is 2. The van der Waals surface area contributed by atoms with Gasteiger partial charge in [-0.25, -0.2) is 18.4 Å². The quantitative estimate of drug-likeness (QED) is 0.751. The van der Waals surface area contributed by atoms with Crippen LogP contribution in [0, 0.1) is 27.7 Å². The lowest BCUT2D eigenvalue weighted by Gasteiger charge is -2.34. The Balaban J connectivity index is 1.83. The number of rotatable bonds is 3. The zero-order valence-corrected chi connectivity index (χ0v) is 17.5. The van der Waals surface area contributed by atoms with Crippen LogP contribution in [0.4, 0.5) is 19.1 Å². The number of piperazine rings is 1. The third kappa shape index (κ3) is 4.09. The van der Waals surface area contributed by atoms with Crippen LogP contribution in [-0.2, 0) is 16.2 Å². The molecule has 0 aliphatic carbocycles. The van der Waals surface area contributed by atoms with Crippen molar-refractivity contribution < 1.29 is 21.6 Å². The van der Waals surface area contributed by atoms with Gasteiger partial charge in [0.25, 0.3) is 0 Å². The van der Waals surface area contributed by atoms with Gasteiger partial charge in [0.1, 0.15) is 5.69 Å². The number of sulfonamides is 1. The third-order valence-electron chi connectivity index (χ3n) is 5.35. The van der Waals surface area contributed by atoms with Gasteiger partial charge in [-0.1, -0.05) is 6.07 Å². The molecular weight excluding hydrogens is 405 g/mol. The van der Waals surface area contributed by atoms with Crippen molar-refractivity contribution in [2.24, 2.45) is 0 Å². The summed E-state index contributed by atoms with van der Waals surface area (Å²) in [5, 5.41) is 0. The summed E-state index contributed by atoms with van der Waals surface area (Å²) in [4.78, 5) is 9.40. The smallest absolute Gasteiger partial charge is 0.338 e. The van der Waals surface area contributed by atoms with Gasteiger partial charge in [-0.3, -0.25) is 0 Å². The first-order valence-electron chi connectivity index (χ1n) is 9.15. The molecule has 3 rings (SSSR count). The van der Waals surface area contributed by atoms with Crippen LogP contribution in [0.5, 0.6) is 0 Å². The number of hydrogen-bond acceptors (Lipinski definition) is 5. The second kappa shape index (κ2) is 7.56. The van der Waals surface area contributed by atoms with E-state index in [1.807, 2.05) is 19.9 Å². The molecule has 0 amide bonds. The van der Waals surface area contributed by atoms with Gasteiger partial charge in [-0.15, -0.1) is 0 Å². The van der Waals surface area contributed by atoms with Crippen LogP contribution in [-0.4, -0.2) is 48.9 Å². The summed E-state index contributed by atoms with van der Waals surface area (Å²) in [5.41, 5.74) is 2.23. The number of nitrogens with zero attached hydrogens (tertiary/aromatic N) is 4. The van der Waals surface area contributed by atoms with E-state index in [4.69, 9.17) is 0 Å². The van der Waals surface area contributed by atoms with E-state index in [0.717, 1.165) is 34.5 Å². The van der Waals surface area contributed by atoms with Crippen LogP contribution in [0.25, 0.3) is 0 Å². The van der Waals surface area contributed by atoms with E-state index in [1.54, 1.807) is 18.7 Å². The molecule has 1 aliphatic rings. The van der Waals surface area contributed by atoms with Crippen molar-refractivity contribution in [1.82, 2.24) is 14.3 Å². The molecule has 6 nitrogen and oxygen atoms in total. The van der Waals surface area contributed by atoms with E-state index in [2.05, 4.69) is 9.97 Å². The first-order chi connectivity index (χ1) is 13.4. The molecule has 2 aromatic rings.